The van der Waals surface area contributed by atoms with Crippen molar-refractivity contribution in [1.29, 1.82) is 0 Å². The summed E-state index contributed by atoms with van der Waals surface area (Å²) in [6.07, 6.45) is -3.79. The third-order valence-electron chi connectivity index (χ3n) is 2.89. The van der Waals surface area contributed by atoms with E-state index in [1.165, 1.54) is 0 Å². The molecule has 0 radical (unpaired) electrons. The first kappa shape index (κ1) is 19.2. The van der Waals surface area contributed by atoms with Crippen LogP contribution in [0, 0.1) is 11.3 Å². The number of nitrogens with two attached hydrogens (primary N) is 1. The van der Waals surface area contributed by atoms with E-state index < -0.39 is 24.2 Å². The number of halogens is 3. The first-order chi connectivity index (χ1) is 9.17. The van der Waals surface area contributed by atoms with Crippen LogP contribution in [0.3, 0.4) is 0 Å². The quantitative estimate of drug-likeness (QED) is 0.525. The van der Waals surface area contributed by atoms with E-state index in [-0.39, 0.29) is 32.1 Å². The van der Waals surface area contributed by atoms with E-state index in [0.717, 1.165) is 0 Å². The van der Waals surface area contributed by atoms with Crippen molar-refractivity contribution in [1.82, 2.24) is 0 Å². The van der Waals surface area contributed by atoms with Crippen molar-refractivity contribution in [2.24, 2.45) is 17.1 Å². The van der Waals surface area contributed by atoms with Gasteiger partial charge in [-0.05, 0) is 25.7 Å². The fourth-order valence-corrected chi connectivity index (χ4v) is 2.08. The average molecular weight is 299 g/mol. The summed E-state index contributed by atoms with van der Waals surface area (Å²) >= 11 is 0. The summed E-state index contributed by atoms with van der Waals surface area (Å²) in [5, 5.41) is 0. The first-order valence-electron chi connectivity index (χ1n) is 6.68. The minimum Gasteiger partial charge on any atom is -0.466 e. The van der Waals surface area contributed by atoms with E-state index in [4.69, 9.17) is 10.5 Å². The molecule has 120 valence electrons. The second kappa shape index (κ2) is 8.46. The minimum absolute atomic E-state index is 0.0272. The van der Waals surface area contributed by atoms with Crippen molar-refractivity contribution in [2.75, 3.05) is 26.4 Å². The van der Waals surface area contributed by atoms with Gasteiger partial charge in [0.1, 0.15) is 6.61 Å². The van der Waals surface area contributed by atoms with Gasteiger partial charge in [0.15, 0.2) is 0 Å². The van der Waals surface area contributed by atoms with Gasteiger partial charge < -0.3 is 15.2 Å². The van der Waals surface area contributed by atoms with E-state index >= 15 is 0 Å². The maximum atomic E-state index is 12.0. The summed E-state index contributed by atoms with van der Waals surface area (Å²) in [6, 6.07) is 0. The Balaban J connectivity index is 4.63. The van der Waals surface area contributed by atoms with Gasteiger partial charge in [-0.25, -0.2) is 0 Å². The Bertz CT molecular complexity index is 295. The Hall–Kier alpha value is -0.820. The number of rotatable bonds is 9. The van der Waals surface area contributed by atoms with E-state index in [9.17, 15) is 18.0 Å². The zero-order valence-corrected chi connectivity index (χ0v) is 12.3. The molecule has 20 heavy (non-hydrogen) atoms. The van der Waals surface area contributed by atoms with Crippen molar-refractivity contribution in [3.8, 4) is 0 Å². The van der Waals surface area contributed by atoms with Gasteiger partial charge in [0.25, 0.3) is 0 Å². The molecular formula is C13H24F3NO3. The van der Waals surface area contributed by atoms with Crippen LogP contribution in [0.1, 0.15) is 33.6 Å². The molecule has 0 spiro atoms. The van der Waals surface area contributed by atoms with E-state index in [1.807, 2.05) is 13.8 Å². The van der Waals surface area contributed by atoms with Gasteiger partial charge in [-0.3, -0.25) is 4.79 Å². The molecule has 1 unspecified atom stereocenters. The van der Waals surface area contributed by atoms with Gasteiger partial charge in [-0.15, -0.1) is 0 Å². The third kappa shape index (κ3) is 7.09. The Kier molecular flexibility index (Phi) is 8.12. The summed E-state index contributed by atoms with van der Waals surface area (Å²) in [7, 11) is 0. The number of hydrogen-bond donors (Lipinski definition) is 1. The fourth-order valence-electron chi connectivity index (χ4n) is 2.08. The van der Waals surface area contributed by atoms with E-state index in [0.29, 0.717) is 6.42 Å². The molecule has 0 aromatic carbocycles. The Morgan fingerprint density at radius 1 is 1.30 bits per heavy atom. The van der Waals surface area contributed by atoms with Crippen LogP contribution in [0.15, 0.2) is 0 Å². The third-order valence-corrected chi connectivity index (χ3v) is 2.89. The van der Waals surface area contributed by atoms with Gasteiger partial charge in [-0.1, -0.05) is 13.8 Å². The number of carbonyl (C=O) groups is 1. The lowest BCUT2D eigenvalue weighted by Crippen LogP contribution is -2.42. The van der Waals surface area contributed by atoms with Crippen LogP contribution in [-0.4, -0.2) is 38.5 Å². The van der Waals surface area contributed by atoms with E-state index in [2.05, 4.69) is 4.74 Å². The second-order valence-corrected chi connectivity index (χ2v) is 5.22. The standard InChI is InChI=1S/C13H24F3NO3/c1-4-20-11(18)12(8-17,7-10(2)3)5-6-19-9-13(14,15)16/h10H,4-9,17H2,1-3H3. The Labute approximate surface area is 117 Å². The zero-order valence-electron chi connectivity index (χ0n) is 12.3. The van der Waals surface area contributed by atoms with Crippen molar-refractivity contribution in [3.05, 3.63) is 0 Å². The maximum Gasteiger partial charge on any atom is 0.411 e. The van der Waals surface area contributed by atoms with Gasteiger partial charge in [-0.2, -0.15) is 13.2 Å². The van der Waals surface area contributed by atoms with Gasteiger partial charge in [0.2, 0.25) is 0 Å². The molecule has 0 amide bonds. The van der Waals surface area contributed by atoms with Crippen molar-refractivity contribution in [2.45, 2.75) is 39.8 Å². The predicted octanol–water partition coefficient (Wildman–Crippen LogP) is 2.51. The molecule has 4 nitrogen and oxygen atoms in total. The van der Waals surface area contributed by atoms with Crippen LogP contribution in [0.2, 0.25) is 0 Å². The molecule has 0 aromatic heterocycles. The van der Waals surface area contributed by atoms with Crippen LogP contribution < -0.4 is 5.73 Å². The molecule has 7 heteroatoms. The van der Waals surface area contributed by atoms with Gasteiger partial charge in [0.05, 0.1) is 12.0 Å². The molecule has 0 aromatic rings. The summed E-state index contributed by atoms with van der Waals surface area (Å²) in [5.74, 6) is -0.294. The number of ether oxygens (including phenoxy) is 2. The van der Waals surface area contributed by atoms with Crippen LogP contribution >= 0.6 is 0 Å². The summed E-state index contributed by atoms with van der Waals surface area (Å²) < 4.78 is 45.6. The first-order valence-corrected chi connectivity index (χ1v) is 6.68. The van der Waals surface area contributed by atoms with Crippen molar-refractivity contribution in [3.63, 3.8) is 0 Å². The van der Waals surface area contributed by atoms with Gasteiger partial charge >= 0.3 is 12.1 Å². The monoisotopic (exact) mass is 299 g/mol. The number of hydrogen-bond acceptors (Lipinski definition) is 4. The van der Waals surface area contributed by atoms with E-state index in [1.54, 1.807) is 6.92 Å². The molecular weight excluding hydrogens is 275 g/mol. The lowest BCUT2D eigenvalue weighted by atomic mass is 9.77. The highest BCUT2D eigenvalue weighted by Crippen LogP contribution is 2.31. The fraction of sp³-hybridized carbons (Fsp3) is 0.923. The summed E-state index contributed by atoms with van der Waals surface area (Å²) in [5.41, 5.74) is 4.70. The number of esters is 1. The SMILES string of the molecule is CCOC(=O)C(CN)(CCOCC(F)(F)F)CC(C)C. The molecule has 0 heterocycles. The Morgan fingerprint density at radius 2 is 1.90 bits per heavy atom. The van der Waals surface area contributed by atoms with Crippen molar-refractivity contribution >= 4 is 5.97 Å². The summed E-state index contributed by atoms with van der Waals surface area (Å²) in [4.78, 5) is 12.0. The van der Waals surface area contributed by atoms with Crippen LogP contribution in [0.5, 0.6) is 0 Å². The van der Waals surface area contributed by atoms with Crippen LogP contribution in [-0.2, 0) is 14.3 Å². The van der Waals surface area contributed by atoms with Crippen LogP contribution in [0.4, 0.5) is 13.2 Å². The molecule has 0 saturated heterocycles. The smallest absolute Gasteiger partial charge is 0.411 e. The molecule has 0 aliphatic heterocycles. The molecule has 0 aliphatic rings. The Morgan fingerprint density at radius 3 is 2.30 bits per heavy atom. The maximum absolute atomic E-state index is 12.0. The molecule has 0 fully saturated rings. The molecule has 2 N–H and O–H groups in total. The van der Waals surface area contributed by atoms with Gasteiger partial charge in [0, 0.05) is 13.2 Å². The highest BCUT2D eigenvalue weighted by Gasteiger charge is 2.39. The zero-order chi connectivity index (χ0) is 15.8. The molecule has 0 bridgehead atoms. The highest BCUT2D eigenvalue weighted by atomic mass is 19.4. The minimum atomic E-state index is -4.37. The second-order valence-electron chi connectivity index (χ2n) is 5.22. The largest absolute Gasteiger partial charge is 0.466 e. The van der Waals surface area contributed by atoms with Crippen molar-refractivity contribution < 1.29 is 27.4 Å². The lowest BCUT2D eigenvalue weighted by Gasteiger charge is -2.31. The lowest BCUT2D eigenvalue weighted by molar-refractivity contribution is -0.177. The molecule has 1 atom stereocenters. The number of alkyl halides is 3. The topological polar surface area (TPSA) is 61.5 Å². The molecule has 0 aliphatic carbocycles. The predicted molar refractivity (Wildman–Crippen MR) is 69.1 cm³/mol. The number of carbonyl (C=O) groups excluding carboxylic acids is 1. The molecule has 0 rings (SSSR count). The average Bonchev–Trinajstić information content (AvgIpc) is 2.31. The molecule has 0 saturated carbocycles. The highest BCUT2D eigenvalue weighted by molar-refractivity contribution is 5.77. The normalized spacial score (nSPS) is 15.2. The van der Waals surface area contributed by atoms with Crippen LogP contribution in [0.25, 0.3) is 0 Å². The summed E-state index contributed by atoms with van der Waals surface area (Å²) in [6.45, 7) is 4.25.